The molecule has 0 saturated carbocycles. The zero-order valence-electron chi connectivity index (χ0n) is 7.90. The van der Waals surface area contributed by atoms with Gasteiger partial charge in [0.15, 0.2) is 0 Å². The highest BCUT2D eigenvalue weighted by atomic mass is 14.0. The van der Waals surface area contributed by atoms with Crippen LogP contribution in [0.4, 0.5) is 0 Å². The van der Waals surface area contributed by atoms with Crippen molar-refractivity contribution in [2.24, 2.45) is 0 Å². The summed E-state index contributed by atoms with van der Waals surface area (Å²) in [7, 11) is 0. The lowest BCUT2D eigenvalue weighted by Gasteiger charge is -2.04. The molecule has 0 bridgehead atoms. The van der Waals surface area contributed by atoms with Crippen molar-refractivity contribution in [3.63, 3.8) is 0 Å². The highest BCUT2D eigenvalue weighted by Gasteiger charge is 1.99. The molecular weight excluding hydrogens is 168 g/mol. The Morgan fingerprint density at radius 1 is 0.857 bits per heavy atom. The third-order valence-corrected chi connectivity index (χ3v) is 2.19. The number of hydrogen-bond donors (Lipinski definition) is 0. The van der Waals surface area contributed by atoms with Crippen LogP contribution in [0.3, 0.4) is 0 Å². The molecule has 1 radical (unpaired) electrons. The van der Waals surface area contributed by atoms with E-state index in [1.54, 1.807) is 0 Å². The second kappa shape index (κ2) is 3.93. The molecule has 0 nitrogen and oxygen atoms in total. The van der Waals surface area contributed by atoms with Gasteiger partial charge in [0.05, 0.1) is 0 Å². The van der Waals surface area contributed by atoms with Crippen LogP contribution in [0.2, 0.25) is 0 Å². The first-order valence-corrected chi connectivity index (χ1v) is 4.59. The quantitative estimate of drug-likeness (QED) is 0.661. The van der Waals surface area contributed by atoms with Crippen LogP contribution in [0.15, 0.2) is 61.2 Å². The van der Waals surface area contributed by atoms with E-state index >= 15 is 0 Å². The second-order valence-electron chi connectivity index (χ2n) is 3.13. The summed E-state index contributed by atoms with van der Waals surface area (Å²) in [5.74, 6) is 0. The Kier molecular flexibility index (Phi) is 2.46. The predicted octanol–water partition coefficient (Wildman–Crippen LogP) is 3.55. The molecule has 0 N–H and O–H groups in total. The molecule has 0 aliphatic rings. The molecule has 0 spiro atoms. The molecule has 0 atom stereocenters. The lowest BCUT2D eigenvalue weighted by molar-refractivity contribution is 1.55. The molecule has 0 amide bonds. The van der Waals surface area contributed by atoms with Gasteiger partial charge in [-0.3, -0.25) is 0 Å². The van der Waals surface area contributed by atoms with Gasteiger partial charge in [-0.1, -0.05) is 61.2 Å². The van der Waals surface area contributed by atoms with Gasteiger partial charge in [0.25, 0.3) is 0 Å². The van der Waals surface area contributed by atoms with E-state index in [0.717, 1.165) is 11.1 Å². The summed E-state index contributed by atoms with van der Waals surface area (Å²) in [6, 6.07) is 21.0. The van der Waals surface area contributed by atoms with Crippen LogP contribution in [0.1, 0.15) is 11.1 Å². The average molecular weight is 179 g/mol. The van der Waals surface area contributed by atoms with Crippen molar-refractivity contribution in [1.29, 1.82) is 0 Å². The molecule has 67 valence electrons. The lowest BCUT2D eigenvalue weighted by atomic mass is 10.0. The smallest absolute Gasteiger partial charge is 0.0183 e. The third-order valence-electron chi connectivity index (χ3n) is 2.19. The molecule has 2 rings (SSSR count). The number of rotatable bonds is 2. The Hall–Kier alpha value is -1.82. The van der Waals surface area contributed by atoms with Crippen molar-refractivity contribution in [3.8, 4) is 0 Å². The molecule has 14 heavy (non-hydrogen) atoms. The van der Waals surface area contributed by atoms with E-state index < -0.39 is 0 Å². The summed E-state index contributed by atoms with van der Waals surface area (Å²) in [6.07, 6.45) is 0. The third kappa shape index (κ3) is 1.74. The Balaban J connectivity index is 2.35. The molecule has 0 saturated heterocycles. The van der Waals surface area contributed by atoms with E-state index in [-0.39, 0.29) is 0 Å². The zero-order valence-corrected chi connectivity index (χ0v) is 7.90. The SMILES string of the molecule is C=C(c1cc[c]cc1)c1ccccc1. The molecule has 0 aliphatic carbocycles. The van der Waals surface area contributed by atoms with Gasteiger partial charge in [-0.2, -0.15) is 0 Å². The fraction of sp³-hybridized carbons (Fsp3) is 0. The van der Waals surface area contributed by atoms with Gasteiger partial charge in [0, 0.05) is 0 Å². The summed E-state index contributed by atoms with van der Waals surface area (Å²) >= 11 is 0. The second-order valence-corrected chi connectivity index (χ2v) is 3.13. The van der Waals surface area contributed by atoms with Crippen LogP contribution in [-0.4, -0.2) is 0 Å². The molecule has 0 aromatic heterocycles. The number of benzene rings is 2. The monoisotopic (exact) mass is 179 g/mol. The van der Waals surface area contributed by atoms with Gasteiger partial charge in [-0.15, -0.1) is 0 Å². The van der Waals surface area contributed by atoms with Gasteiger partial charge >= 0.3 is 0 Å². The highest BCUT2D eigenvalue weighted by molar-refractivity contribution is 5.77. The first-order valence-electron chi connectivity index (χ1n) is 4.59. The van der Waals surface area contributed by atoms with Crippen molar-refractivity contribution in [3.05, 3.63) is 78.4 Å². The van der Waals surface area contributed by atoms with Crippen LogP contribution in [-0.2, 0) is 0 Å². The van der Waals surface area contributed by atoms with Gasteiger partial charge in [0.2, 0.25) is 0 Å². The van der Waals surface area contributed by atoms with Crippen LogP contribution in [0.5, 0.6) is 0 Å². The summed E-state index contributed by atoms with van der Waals surface area (Å²) in [5, 5.41) is 0. The van der Waals surface area contributed by atoms with Gasteiger partial charge in [0.1, 0.15) is 0 Å². The van der Waals surface area contributed by atoms with E-state index in [2.05, 4.69) is 24.8 Å². The largest absolute Gasteiger partial charge is 0.0906 e. The van der Waals surface area contributed by atoms with Crippen LogP contribution in [0, 0.1) is 6.07 Å². The molecule has 0 aliphatic heterocycles. The van der Waals surface area contributed by atoms with Crippen molar-refractivity contribution in [1.82, 2.24) is 0 Å². The Labute approximate surface area is 84.5 Å². The molecule has 2 aromatic carbocycles. The summed E-state index contributed by atoms with van der Waals surface area (Å²) in [5.41, 5.74) is 3.37. The van der Waals surface area contributed by atoms with E-state index in [1.165, 1.54) is 5.56 Å². The highest BCUT2D eigenvalue weighted by Crippen LogP contribution is 2.20. The minimum Gasteiger partial charge on any atom is -0.0906 e. The van der Waals surface area contributed by atoms with Crippen LogP contribution in [0.25, 0.3) is 5.57 Å². The maximum atomic E-state index is 4.08. The maximum absolute atomic E-state index is 4.08. The summed E-state index contributed by atoms with van der Waals surface area (Å²) < 4.78 is 0. The fourth-order valence-corrected chi connectivity index (χ4v) is 1.39. The van der Waals surface area contributed by atoms with Crippen LogP contribution < -0.4 is 0 Å². The molecular formula is C14H11. The van der Waals surface area contributed by atoms with Gasteiger partial charge in [-0.05, 0) is 22.8 Å². The maximum Gasteiger partial charge on any atom is -0.0183 e. The topological polar surface area (TPSA) is 0 Å². The first kappa shape index (κ1) is 8.76. The first-order chi connectivity index (χ1) is 6.88. The standard InChI is InChI=1S/C14H11/c1-12(13-8-4-2-5-9-13)14-10-6-3-7-11-14/h2,4-11H,1H2. The van der Waals surface area contributed by atoms with Crippen molar-refractivity contribution in [2.45, 2.75) is 0 Å². The zero-order chi connectivity index (χ0) is 9.80. The average Bonchev–Trinajstić information content (AvgIpc) is 2.30. The van der Waals surface area contributed by atoms with E-state index in [4.69, 9.17) is 0 Å². The molecule has 0 heteroatoms. The molecule has 2 aromatic rings. The van der Waals surface area contributed by atoms with Crippen LogP contribution >= 0.6 is 0 Å². The Bertz CT molecular complexity index is 371. The van der Waals surface area contributed by atoms with E-state index in [9.17, 15) is 0 Å². The fourth-order valence-electron chi connectivity index (χ4n) is 1.39. The summed E-state index contributed by atoms with van der Waals surface area (Å²) in [6.45, 7) is 4.08. The van der Waals surface area contributed by atoms with Gasteiger partial charge < -0.3 is 0 Å². The Morgan fingerprint density at radius 3 is 2.07 bits per heavy atom. The number of hydrogen-bond acceptors (Lipinski definition) is 0. The predicted molar refractivity (Wildman–Crippen MR) is 59.9 cm³/mol. The minimum absolute atomic E-state index is 1.06. The molecule has 0 heterocycles. The van der Waals surface area contributed by atoms with Crippen molar-refractivity contribution < 1.29 is 0 Å². The minimum atomic E-state index is 1.06. The van der Waals surface area contributed by atoms with Crippen molar-refractivity contribution >= 4 is 5.57 Å². The Morgan fingerprint density at radius 2 is 1.43 bits per heavy atom. The molecule has 0 unspecified atom stereocenters. The normalized spacial score (nSPS) is 9.71. The van der Waals surface area contributed by atoms with E-state index in [1.807, 2.05) is 42.5 Å². The molecule has 0 fully saturated rings. The lowest BCUT2D eigenvalue weighted by Crippen LogP contribution is -1.84. The van der Waals surface area contributed by atoms with Crippen molar-refractivity contribution in [2.75, 3.05) is 0 Å². The summed E-state index contributed by atoms with van der Waals surface area (Å²) in [4.78, 5) is 0. The van der Waals surface area contributed by atoms with E-state index in [0.29, 0.717) is 0 Å². The van der Waals surface area contributed by atoms with Gasteiger partial charge in [-0.25, -0.2) is 0 Å².